The van der Waals surface area contributed by atoms with Crippen LogP contribution in [0.25, 0.3) is 0 Å². The number of rotatable bonds is 6. The maximum absolute atomic E-state index is 11.5. The van der Waals surface area contributed by atoms with E-state index in [1.54, 1.807) is 6.26 Å². The number of carbonyl (C=O) groups is 1. The zero-order chi connectivity index (χ0) is 15.5. The molecule has 0 bridgehead atoms. The van der Waals surface area contributed by atoms with Crippen molar-refractivity contribution in [3.63, 3.8) is 0 Å². The molecule has 3 heteroatoms. The molecule has 0 heterocycles. The van der Waals surface area contributed by atoms with E-state index in [2.05, 4.69) is 13.5 Å². The van der Waals surface area contributed by atoms with Gasteiger partial charge in [-0.25, -0.2) is 24.6 Å². The summed E-state index contributed by atoms with van der Waals surface area (Å²) < 4.78 is 5.17. The van der Waals surface area contributed by atoms with Crippen molar-refractivity contribution in [2.45, 2.75) is 46.5 Å². The predicted octanol–water partition coefficient (Wildman–Crippen LogP) is 4.75. The van der Waals surface area contributed by atoms with E-state index in [4.69, 9.17) is 11.3 Å². The molecule has 0 amide bonds. The fraction of sp³-hybridized carbons (Fsp3) is 0.444. The van der Waals surface area contributed by atoms with Gasteiger partial charge in [-0.3, -0.25) is 4.79 Å². The van der Waals surface area contributed by atoms with Crippen LogP contribution in [0, 0.1) is 13.5 Å². The maximum atomic E-state index is 11.5. The van der Waals surface area contributed by atoms with Crippen molar-refractivity contribution in [3.8, 4) is 0 Å². The SMILES string of the molecule is C=C([CH2-])C.[CH-]=C(C)CO/C=C/CCC1=C(C)CCC1=O.[Y]. The van der Waals surface area contributed by atoms with Gasteiger partial charge in [0, 0.05) is 39.1 Å². The summed E-state index contributed by atoms with van der Waals surface area (Å²) in [6.07, 6.45) is 6.91. The van der Waals surface area contributed by atoms with Crippen molar-refractivity contribution < 1.29 is 42.2 Å². The van der Waals surface area contributed by atoms with Gasteiger partial charge in [0.1, 0.15) is 0 Å². The number of hydrogen-bond acceptors (Lipinski definition) is 2. The first-order valence-electron chi connectivity index (χ1n) is 6.88. The summed E-state index contributed by atoms with van der Waals surface area (Å²) in [4.78, 5) is 11.5. The summed E-state index contributed by atoms with van der Waals surface area (Å²) in [5.74, 6) is 0.318. The number of ether oxygens (including phenoxy) is 1. The van der Waals surface area contributed by atoms with Gasteiger partial charge in [-0.05, 0) is 37.8 Å². The van der Waals surface area contributed by atoms with E-state index < -0.39 is 0 Å². The quantitative estimate of drug-likeness (QED) is 0.503. The summed E-state index contributed by atoms with van der Waals surface area (Å²) >= 11 is 0. The largest absolute Gasteiger partial charge is 0.511 e. The van der Waals surface area contributed by atoms with E-state index in [0.717, 1.165) is 36.0 Å². The first-order chi connectivity index (χ1) is 9.34. The van der Waals surface area contributed by atoms with Gasteiger partial charge in [-0.2, -0.15) is 0 Å². The van der Waals surface area contributed by atoms with Crippen LogP contribution in [0.5, 0.6) is 0 Å². The van der Waals surface area contributed by atoms with Crippen LogP contribution in [-0.4, -0.2) is 12.4 Å². The molecular formula is C18H26O2Y-2. The van der Waals surface area contributed by atoms with Crippen molar-refractivity contribution >= 4 is 5.78 Å². The van der Waals surface area contributed by atoms with E-state index in [1.165, 1.54) is 5.57 Å². The molecule has 0 fully saturated rings. The molecule has 2 nitrogen and oxygen atoms in total. The molecule has 0 unspecified atom stereocenters. The Morgan fingerprint density at radius 3 is 2.43 bits per heavy atom. The predicted molar refractivity (Wildman–Crippen MR) is 84.9 cm³/mol. The van der Waals surface area contributed by atoms with E-state index in [9.17, 15) is 4.79 Å². The monoisotopic (exact) mass is 363 g/mol. The maximum Gasteiger partial charge on any atom is 0.159 e. The molecule has 0 atom stereocenters. The van der Waals surface area contributed by atoms with Crippen LogP contribution < -0.4 is 0 Å². The van der Waals surface area contributed by atoms with Gasteiger partial charge in [0.15, 0.2) is 5.78 Å². The van der Waals surface area contributed by atoms with E-state index in [1.807, 2.05) is 26.8 Å². The minimum atomic E-state index is 0. The van der Waals surface area contributed by atoms with Gasteiger partial charge >= 0.3 is 0 Å². The third kappa shape index (κ3) is 12.8. The summed E-state index contributed by atoms with van der Waals surface area (Å²) in [5.41, 5.74) is 3.95. The van der Waals surface area contributed by atoms with Gasteiger partial charge in [-0.15, -0.1) is 0 Å². The zero-order valence-electron chi connectivity index (χ0n) is 13.6. The molecule has 0 saturated carbocycles. The van der Waals surface area contributed by atoms with Gasteiger partial charge in [0.05, 0.1) is 12.9 Å². The van der Waals surface area contributed by atoms with Crippen molar-refractivity contribution in [1.82, 2.24) is 0 Å². The van der Waals surface area contributed by atoms with Crippen LogP contribution in [0.3, 0.4) is 0 Å². The second-order valence-electron chi connectivity index (χ2n) is 5.21. The van der Waals surface area contributed by atoms with Crippen molar-refractivity contribution in [3.05, 3.63) is 54.7 Å². The molecular weight excluding hydrogens is 337 g/mol. The second kappa shape index (κ2) is 13.1. The molecule has 0 aromatic rings. The zero-order valence-corrected chi connectivity index (χ0v) is 16.4. The Bertz CT molecular complexity index is 413. The summed E-state index contributed by atoms with van der Waals surface area (Å²) in [7, 11) is 0. The minimum absolute atomic E-state index is 0. The van der Waals surface area contributed by atoms with Crippen LogP contribution in [0.15, 0.2) is 41.2 Å². The smallest absolute Gasteiger partial charge is 0.159 e. The number of ketones is 1. The summed E-state index contributed by atoms with van der Waals surface area (Å²) in [6.45, 7) is 18.5. The average molecular weight is 363 g/mol. The van der Waals surface area contributed by atoms with Crippen LogP contribution in [0.2, 0.25) is 0 Å². The molecule has 0 aromatic carbocycles. The number of carbonyl (C=O) groups excluding carboxylic acids is 1. The van der Waals surface area contributed by atoms with Crippen LogP contribution in [0.4, 0.5) is 0 Å². The fourth-order valence-electron chi connectivity index (χ4n) is 1.74. The Hall–Kier alpha value is -0.596. The van der Waals surface area contributed by atoms with Gasteiger partial charge < -0.3 is 11.3 Å². The Kier molecular flexibility index (Phi) is 14.1. The number of allylic oxidation sites excluding steroid dienone is 4. The minimum Gasteiger partial charge on any atom is -0.511 e. The van der Waals surface area contributed by atoms with Crippen molar-refractivity contribution in [1.29, 1.82) is 0 Å². The van der Waals surface area contributed by atoms with Crippen LogP contribution in [-0.2, 0) is 42.2 Å². The van der Waals surface area contributed by atoms with E-state index in [0.29, 0.717) is 18.8 Å². The summed E-state index contributed by atoms with van der Waals surface area (Å²) in [5, 5.41) is 0. The fourth-order valence-corrected chi connectivity index (χ4v) is 1.74. The molecule has 0 N–H and O–H groups in total. The van der Waals surface area contributed by atoms with Gasteiger partial charge in [0.2, 0.25) is 0 Å². The van der Waals surface area contributed by atoms with E-state index >= 15 is 0 Å². The Labute approximate surface area is 155 Å². The first-order valence-corrected chi connectivity index (χ1v) is 6.88. The Morgan fingerprint density at radius 2 is 2.00 bits per heavy atom. The second-order valence-corrected chi connectivity index (χ2v) is 5.21. The third-order valence-corrected chi connectivity index (χ3v) is 2.64. The van der Waals surface area contributed by atoms with Crippen molar-refractivity contribution in [2.24, 2.45) is 0 Å². The molecule has 0 spiro atoms. The van der Waals surface area contributed by atoms with Crippen LogP contribution in [0.1, 0.15) is 46.5 Å². The molecule has 115 valence electrons. The standard InChI is InChI=1S/C14H19O2.C4H7.Y/c1-11(2)10-16-9-5-4-6-13-12(3)7-8-14(13)15;1-4(2)3;/h1,5,9H,4,6-8,10H2,2-3H3;1-2H2,3H3;/q2*-1;/b9-5+;;. The molecule has 0 saturated heterocycles. The van der Waals surface area contributed by atoms with Gasteiger partial charge in [0.25, 0.3) is 0 Å². The normalized spacial score (nSPS) is 13.6. The molecule has 1 radical (unpaired) electrons. The third-order valence-electron chi connectivity index (χ3n) is 2.64. The molecule has 1 rings (SSSR count). The van der Waals surface area contributed by atoms with Gasteiger partial charge in [-0.1, -0.05) is 19.4 Å². The average Bonchev–Trinajstić information content (AvgIpc) is 2.63. The Balaban J connectivity index is 0. The van der Waals surface area contributed by atoms with E-state index in [-0.39, 0.29) is 32.7 Å². The molecule has 1 aliphatic carbocycles. The molecule has 1 aliphatic rings. The molecule has 0 aliphatic heterocycles. The number of Topliss-reactive ketones (excluding diaryl/α,β-unsaturated/α-hetero) is 1. The topological polar surface area (TPSA) is 26.3 Å². The molecule has 21 heavy (non-hydrogen) atoms. The van der Waals surface area contributed by atoms with Crippen LogP contribution >= 0.6 is 0 Å². The molecule has 0 aromatic heterocycles. The Morgan fingerprint density at radius 1 is 1.43 bits per heavy atom. The first kappa shape index (κ1) is 22.7. The summed E-state index contributed by atoms with van der Waals surface area (Å²) in [6, 6.07) is 0. The van der Waals surface area contributed by atoms with Crippen molar-refractivity contribution in [2.75, 3.05) is 6.61 Å². The number of hydrogen-bond donors (Lipinski definition) is 0.